The number of esters is 1. The molecule has 0 aliphatic rings. The number of ether oxygens (including phenoxy) is 1. The third-order valence-corrected chi connectivity index (χ3v) is 5.55. The van der Waals surface area contributed by atoms with Crippen LogP contribution < -0.4 is 5.32 Å². The van der Waals surface area contributed by atoms with Crippen molar-refractivity contribution in [2.24, 2.45) is 0 Å². The summed E-state index contributed by atoms with van der Waals surface area (Å²) in [4.78, 5) is 25.2. The van der Waals surface area contributed by atoms with Crippen LogP contribution in [0.2, 0.25) is 5.02 Å². The van der Waals surface area contributed by atoms with Gasteiger partial charge in [-0.1, -0.05) is 48.0 Å². The zero-order chi connectivity index (χ0) is 23.9. The molecule has 9 heteroatoms. The number of nitrogens with one attached hydrogen (secondary N) is 1. The van der Waals surface area contributed by atoms with Crippen LogP contribution in [0.25, 0.3) is 21.7 Å². The molecule has 0 saturated carbocycles. The van der Waals surface area contributed by atoms with Crippen LogP contribution >= 0.6 is 11.6 Å². The predicted octanol–water partition coefficient (Wildman–Crippen LogP) is 6.75. The minimum Gasteiger partial charge on any atom is -0.448 e. The lowest BCUT2D eigenvalue weighted by molar-refractivity contribution is -0.137. The molecule has 0 saturated heterocycles. The van der Waals surface area contributed by atoms with Crippen LogP contribution in [-0.4, -0.2) is 18.0 Å². The number of fused-ring (bicyclic) bond motifs is 3. The van der Waals surface area contributed by atoms with Gasteiger partial charge in [0, 0.05) is 16.3 Å². The van der Waals surface area contributed by atoms with Crippen LogP contribution in [0.3, 0.4) is 0 Å². The molecule has 0 aliphatic heterocycles. The number of furan rings is 1. The smallest absolute Gasteiger partial charge is 0.416 e. The van der Waals surface area contributed by atoms with Crippen molar-refractivity contribution in [1.82, 2.24) is 0 Å². The lowest BCUT2D eigenvalue weighted by Crippen LogP contribution is -2.30. The molecule has 170 valence electrons. The zero-order valence-corrected chi connectivity index (χ0v) is 18.2. The van der Waals surface area contributed by atoms with E-state index in [0.29, 0.717) is 17.2 Å². The highest BCUT2D eigenvalue weighted by molar-refractivity contribution is 6.33. The van der Waals surface area contributed by atoms with Gasteiger partial charge >= 0.3 is 12.1 Å². The molecule has 0 fully saturated rings. The van der Waals surface area contributed by atoms with Crippen LogP contribution in [0, 0.1) is 6.92 Å². The van der Waals surface area contributed by atoms with E-state index >= 15 is 0 Å². The number of carbonyl (C=O) groups is 2. The Morgan fingerprint density at radius 2 is 1.79 bits per heavy atom. The summed E-state index contributed by atoms with van der Waals surface area (Å²) >= 11 is 5.91. The first kappa shape index (κ1) is 22.7. The average molecular weight is 476 g/mol. The van der Waals surface area contributed by atoms with Crippen molar-refractivity contribution >= 4 is 50.9 Å². The van der Waals surface area contributed by atoms with Crippen LogP contribution in [0.15, 0.2) is 59.0 Å². The van der Waals surface area contributed by atoms with Gasteiger partial charge in [0.25, 0.3) is 5.91 Å². The van der Waals surface area contributed by atoms with Crippen molar-refractivity contribution in [1.29, 1.82) is 0 Å². The molecular weight excluding hydrogens is 459 g/mol. The number of benzene rings is 3. The molecule has 0 spiro atoms. The van der Waals surface area contributed by atoms with E-state index in [1.165, 1.54) is 6.92 Å². The molecule has 33 heavy (non-hydrogen) atoms. The van der Waals surface area contributed by atoms with Gasteiger partial charge in [-0.25, -0.2) is 4.79 Å². The fraction of sp³-hybridized carbons (Fsp3) is 0.167. The number of rotatable bonds is 4. The maximum atomic E-state index is 12.9. The van der Waals surface area contributed by atoms with Crippen molar-refractivity contribution in [2.75, 3.05) is 5.32 Å². The summed E-state index contributed by atoms with van der Waals surface area (Å²) in [5.41, 5.74) is -0.151. The Bertz CT molecular complexity index is 1390. The minimum atomic E-state index is -4.61. The van der Waals surface area contributed by atoms with Gasteiger partial charge in [-0.15, -0.1) is 0 Å². The first-order chi connectivity index (χ1) is 15.6. The maximum absolute atomic E-state index is 12.9. The number of carbonyl (C=O) groups excluding carboxylic acids is 2. The molecular formula is C24H17ClF3NO4. The van der Waals surface area contributed by atoms with Crippen LogP contribution in [0.4, 0.5) is 18.9 Å². The van der Waals surface area contributed by atoms with Crippen LogP contribution in [0.1, 0.15) is 28.6 Å². The molecule has 0 aliphatic carbocycles. The number of halogens is 4. The molecule has 4 aromatic rings. The average Bonchev–Trinajstić information content (AvgIpc) is 3.11. The van der Waals surface area contributed by atoms with Gasteiger partial charge in [-0.3, -0.25) is 4.79 Å². The Morgan fingerprint density at radius 1 is 1.06 bits per heavy atom. The van der Waals surface area contributed by atoms with Crippen molar-refractivity contribution < 1.29 is 31.9 Å². The standard InChI is InChI=1S/C24H17ClF3NO4/c1-12-16-9-7-14-5-3-4-6-17(14)21(16)33-20(12)23(31)32-13(2)22(30)29-19-11-15(24(26,27)28)8-10-18(19)25/h3-11,13H,1-2H3,(H,29,30)/t13-/m1/s1. The molecule has 1 heterocycles. The second-order valence-corrected chi connectivity index (χ2v) is 7.86. The van der Waals surface area contributed by atoms with E-state index in [4.69, 9.17) is 20.8 Å². The highest BCUT2D eigenvalue weighted by Gasteiger charge is 2.31. The molecule has 1 aromatic heterocycles. The summed E-state index contributed by atoms with van der Waals surface area (Å²) in [6.07, 6.45) is -5.93. The van der Waals surface area contributed by atoms with Gasteiger partial charge in [-0.05, 0) is 37.4 Å². The molecule has 1 amide bonds. The first-order valence-corrected chi connectivity index (χ1v) is 10.2. The molecule has 0 unspecified atom stereocenters. The summed E-state index contributed by atoms with van der Waals surface area (Å²) in [6.45, 7) is 2.99. The zero-order valence-electron chi connectivity index (χ0n) is 17.4. The molecule has 0 radical (unpaired) electrons. The molecule has 1 N–H and O–H groups in total. The molecule has 5 nitrogen and oxygen atoms in total. The third kappa shape index (κ3) is 4.39. The van der Waals surface area contributed by atoms with E-state index < -0.39 is 29.7 Å². The van der Waals surface area contributed by atoms with E-state index in [9.17, 15) is 22.8 Å². The molecule has 4 rings (SSSR count). The highest BCUT2D eigenvalue weighted by Crippen LogP contribution is 2.34. The first-order valence-electron chi connectivity index (χ1n) is 9.85. The molecule has 1 atom stereocenters. The van der Waals surface area contributed by atoms with Gasteiger partial charge in [-0.2, -0.15) is 13.2 Å². The second kappa shape index (κ2) is 8.44. The summed E-state index contributed by atoms with van der Waals surface area (Å²) in [5.74, 6) is -1.77. The Balaban J connectivity index is 1.54. The summed E-state index contributed by atoms with van der Waals surface area (Å²) in [5, 5.41) is 4.66. The Morgan fingerprint density at radius 3 is 2.52 bits per heavy atom. The van der Waals surface area contributed by atoms with Gasteiger partial charge in [0.2, 0.25) is 5.76 Å². The van der Waals surface area contributed by atoms with Crippen LogP contribution in [0.5, 0.6) is 0 Å². The monoisotopic (exact) mass is 475 g/mol. The molecule has 3 aromatic carbocycles. The van der Waals surface area contributed by atoms with Gasteiger partial charge in [0.15, 0.2) is 6.10 Å². The fourth-order valence-electron chi connectivity index (χ4n) is 3.44. The quantitative estimate of drug-likeness (QED) is 0.331. The largest absolute Gasteiger partial charge is 0.448 e. The van der Waals surface area contributed by atoms with Gasteiger partial charge in [0.1, 0.15) is 5.58 Å². The minimum absolute atomic E-state index is 0.0573. The van der Waals surface area contributed by atoms with Gasteiger partial charge in [0.05, 0.1) is 16.3 Å². The van der Waals surface area contributed by atoms with Crippen LogP contribution in [-0.2, 0) is 15.7 Å². The third-order valence-electron chi connectivity index (χ3n) is 5.22. The Hall–Kier alpha value is -3.52. The fourth-order valence-corrected chi connectivity index (χ4v) is 3.61. The van der Waals surface area contributed by atoms with Crippen molar-refractivity contribution in [3.63, 3.8) is 0 Å². The van der Waals surface area contributed by atoms with E-state index in [0.717, 1.165) is 28.3 Å². The number of anilines is 1. The second-order valence-electron chi connectivity index (χ2n) is 7.45. The van der Waals surface area contributed by atoms with Gasteiger partial charge < -0.3 is 14.5 Å². The number of hydrogen-bond acceptors (Lipinski definition) is 4. The lowest BCUT2D eigenvalue weighted by Gasteiger charge is -2.15. The summed E-state index contributed by atoms with van der Waals surface area (Å²) in [6, 6.07) is 13.8. The lowest BCUT2D eigenvalue weighted by atomic mass is 10.1. The van der Waals surface area contributed by atoms with Crippen molar-refractivity contribution in [3.05, 3.63) is 76.5 Å². The van der Waals surface area contributed by atoms with E-state index in [1.54, 1.807) is 6.92 Å². The number of amides is 1. The number of aryl methyl sites for hydroxylation is 1. The number of hydrogen-bond donors (Lipinski definition) is 1. The molecule has 0 bridgehead atoms. The Labute approximate surface area is 191 Å². The topological polar surface area (TPSA) is 68.5 Å². The normalized spacial score (nSPS) is 12.7. The summed E-state index contributed by atoms with van der Waals surface area (Å²) < 4.78 is 49.8. The number of alkyl halides is 3. The van der Waals surface area contributed by atoms with E-state index in [2.05, 4.69) is 5.32 Å². The predicted molar refractivity (Wildman–Crippen MR) is 118 cm³/mol. The maximum Gasteiger partial charge on any atom is 0.416 e. The van der Waals surface area contributed by atoms with E-state index in [1.807, 2.05) is 36.4 Å². The van der Waals surface area contributed by atoms with Crippen molar-refractivity contribution in [3.8, 4) is 0 Å². The Kier molecular flexibility index (Phi) is 5.80. The SMILES string of the molecule is Cc1c(C(=O)O[C@H](C)C(=O)Nc2cc(C(F)(F)F)ccc2Cl)oc2c1ccc1ccccc12. The van der Waals surface area contributed by atoms with Crippen molar-refractivity contribution in [2.45, 2.75) is 26.1 Å². The highest BCUT2D eigenvalue weighted by atomic mass is 35.5. The van der Waals surface area contributed by atoms with E-state index in [-0.39, 0.29) is 16.5 Å². The summed E-state index contributed by atoms with van der Waals surface area (Å²) in [7, 11) is 0.